The van der Waals surface area contributed by atoms with Crippen LogP contribution in [-0.4, -0.2) is 27.8 Å². The minimum absolute atomic E-state index is 0.0290. The van der Waals surface area contributed by atoms with Crippen molar-refractivity contribution in [1.29, 1.82) is 5.26 Å². The van der Waals surface area contributed by atoms with Crippen LogP contribution >= 0.6 is 0 Å². The fourth-order valence-electron chi connectivity index (χ4n) is 4.01. The number of nitrogens with zero attached hydrogens (tertiary/aromatic N) is 4. The summed E-state index contributed by atoms with van der Waals surface area (Å²) in [4.78, 5) is 14.5. The third kappa shape index (κ3) is 4.36. The molecule has 4 rings (SSSR count). The third-order valence-electron chi connectivity index (χ3n) is 5.56. The van der Waals surface area contributed by atoms with E-state index in [1.807, 2.05) is 42.6 Å². The van der Waals surface area contributed by atoms with Crippen molar-refractivity contribution in [3.8, 4) is 6.07 Å². The van der Waals surface area contributed by atoms with Crippen LogP contribution < -0.4 is 5.32 Å². The van der Waals surface area contributed by atoms with E-state index in [2.05, 4.69) is 33.3 Å². The number of benzene rings is 2. The van der Waals surface area contributed by atoms with Crippen molar-refractivity contribution < 1.29 is 4.79 Å². The quantitative estimate of drug-likeness (QED) is 0.704. The Hall–Kier alpha value is -3.59. The van der Waals surface area contributed by atoms with Crippen LogP contribution in [0, 0.1) is 11.3 Å². The first-order chi connectivity index (χ1) is 14.6. The van der Waals surface area contributed by atoms with Crippen molar-refractivity contribution in [2.45, 2.75) is 38.4 Å². The first-order valence-electron chi connectivity index (χ1n) is 10.2. The third-order valence-corrected chi connectivity index (χ3v) is 5.56. The summed E-state index contributed by atoms with van der Waals surface area (Å²) in [6.07, 6.45) is 4.81. The number of rotatable bonds is 5. The zero-order valence-electron chi connectivity index (χ0n) is 17.1. The molecule has 6 nitrogen and oxygen atoms in total. The van der Waals surface area contributed by atoms with Crippen molar-refractivity contribution in [3.05, 3.63) is 88.7 Å². The molecule has 0 saturated heterocycles. The molecule has 30 heavy (non-hydrogen) atoms. The van der Waals surface area contributed by atoms with Crippen molar-refractivity contribution >= 4 is 6.03 Å². The van der Waals surface area contributed by atoms with Crippen LogP contribution in [0.3, 0.4) is 0 Å². The van der Waals surface area contributed by atoms with Crippen LogP contribution in [0.15, 0.2) is 60.8 Å². The summed E-state index contributed by atoms with van der Waals surface area (Å²) in [6.45, 7) is 1.19. The number of urea groups is 1. The minimum Gasteiger partial charge on any atom is -0.331 e. The average Bonchev–Trinajstić information content (AvgIpc) is 3.18. The normalized spacial score (nSPS) is 15.1. The zero-order valence-corrected chi connectivity index (χ0v) is 17.1. The monoisotopic (exact) mass is 399 g/mol. The summed E-state index contributed by atoms with van der Waals surface area (Å²) in [6, 6.07) is 19.6. The first-order valence-corrected chi connectivity index (χ1v) is 10.2. The standard InChI is InChI=1S/C24H25N5O/c1-28(16-20-10-5-9-19(13-20)14-25)24(30)27-22-11-6-12-23-21(22)15-26-29(23)17-18-7-3-2-4-8-18/h2-5,7-10,13,15,22H,6,11-12,16-17H2,1H3,(H,27,30). The molecule has 1 N–H and O–H groups in total. The Bertz CT molecular complexity index is 1070. The summed E-state index contributed by atoms with van der Waals surface area (Å²) in [5.41, 5.74) is 5.08. The van der Waals surface area contributed by atoms with E-state index in [-0.39, 0.29) is 12.1 Å². The molecule has 1 unspecified atom stereocenters. The van der Waals surface area contributed by atoms with E-state index in [0.717, 1.165) is 36.9 Å². The summed E-state index contributed by atoms with van der Waals surface area (Å²) in [7, 11) is 1.77. The molecule has 1 heterocycles. The van der Waals surface area contributed by atoms with Crippen LogP contribution in [0.2, 0.25) is 0 Å². The van der Waals surface area contributed by atoms with Gasteiger partial charge in [0, 0.05) is 24.8 Å². The van der Waals surface area contributed by atoms with Gasteiger partial charge in [-0.3, -0.25) is 4.68 Å². The summed E-state index contributed by atoms with van der Waals surface area (Å²) in [5.74, 6) is 0. The van der Waals surface area contributed by atoms with Gasteiger partial charge in [-0.1, -0.05) is 42.5 Å². The summed E-state index contributed by atoms with van der Waals surface area (Å²) >= 11 is 0. The molecule has 1 aromatic heterocycles. The Morgan fingerprint density at radius 1 is 1.23 bits per heavy atom. The Balaban J connectivity index is 1.43. The molecule has 6 heteroatoms. The van der Waals surface area contributed by atoms with Gasteiger partial charge >= 0.3 is 6.03 Å². The van der Waals surface area contributed by atoms with Gasteiger partial charge in [0.15, 0.2) is 0 Å². The smallest absolute Gasteiger partial charge is 0.317 e. The topological polar surface area (TPSA) is 74.0 Å². The molecule has 0 saturated carbocycles. The van der Waals surface area contributed by atoms with Crippen molar-refractivity contribution in [2.75, 3.05) is 7.05 Å². The Kier molecular flexibility index (Phi) is 5.80. The first kappa shape index (κ1) is 19.7. The van der Waals surface area contributed by atoms with E-state index in [1.54, 1.807) is 18.0 Å². The number of fused-ring (bicyclic) bond motifs is 1. The Labute approximate surface area is 176 Å². The molecule has 2 amide bonds. The number of amides is 2. The lowest BCUT2D eigenvalue weighted by molar-refractivity contribution is 0.201. The van der Waals surface area contributed by atoms with Crippen LogP contribution in [0.25, 0.3) is 0 Å². The highest BCUT2D eigenvalue weighted by molar-refractivity contribution is 5.74. The van der Waals surface area contributed by atoms with Crippen molar-refractivity contribution in [1.82, 2.24) is 20.0 Å². The lowest BCUT2D eigenvalue weighted by Crippen LogP contribution is -2.40. The predicted octanol–water partition coefficient (Wildman–Crippen LogP) is 4.02. The number of nitrogens with one attached hydrogen (secondary N) is 1. The molecule has 0 aliphatic heterocycles. The van der Waals surface area contributed by atoms with Crippen LogP contribution in [-0.2, 0) is 19.5 Å². The van der Waals surface area contributed by atoms with Crippen LogP contribution in [0.5, 0.6) is 0 Å². The van der Waals surface area contributed by atoms with E-state index in [4.69, 9.17) is 5.26 Å². The lowest BCUT2D eigenvalue weighted by Gasteiger charge is -2.27. The lowest BCUT2D eigenvalue weighted by atomic mass is 9.93. The maximum atomic E-state index is 12.8. The number of hydrogen-bond donors (Lipinski definition) is 1. The van der Waals surface area contributed by atoms with Gasteiger partial charge in [-0.2, -0.15) is 10.4 Å². The van der Waals surface area contributed by atoms with E-state index < -0.39 is 0 Å². The fourth-order valence-corrected chi connectivity index (χ4v) is 4.01. The molecular formula is C24H25N5O. The number of carbonyl (C=O) groups excluding carboxylic acids is 1. The van der Waals surface area contributed by atoms with Gasteiger partial charge in [0.1, 0.15) is 0 Å². The molecule has 0 radical (unpaired) electrons. The summed E-state index contributed by atoms with van der Waals surface area (Å²) < 4.78 is 2.06. The molecule has 1 aliphatic rings. The molecular weight excluding hydrogens is 374 g/mol. The van der Waals surface area contributed by atoms with Gasteiger partial charge in [0.2, 0.25) is 0 Å². The average molecular weight is 399 g/mol. The number of nitriles is 1. The fraction of sp³-hybridized carbons (Fsp3) is 0.292. The van der Waals surface area contributed by atoms with Gasteiger partial charge in [-0.25, -0.2) is 4.79 Å². The van der Waals surface area contributed by atoms with Gasteiger partial charge < -0.3 is 10.2 Å². The second kappa shape index (κ2) is 8.83. The molecule has 1 atom stereocenters. The molecule has 3 aromatic rings. The highest BCUT2D eigenvalue weighted by Crippen LogP contribution is 2.30. The number of hydrogen-bond acceptors (Lipinski definition) is 3. The maximum absolute atomic E-state index is 12.8. The highest BCUT2D eigenvalue weighted by atomic mass is 16.2. The van der Waals surface area contributed by atoms with Gasteiger partial charge in [-0.05, 0) is 42.5 Å². The molecule has 0 bridgehead atoms. The minimum atomic E-state index is -0.119. The number of aromatic nitrogens is 2. The van der Waals surface area contributed by atoms with Gasteiger partial charge in [-0.15, -0.1) is 0 Å². The highest BCUT2D eigenvalue weighted by Gasteiger charge is 2.26. The van der Waals surface area contributed by atoms with E-state index in [1.165, 1.54) is 11.3 Å². The largest absolute Gasteiger partial charge is 0.331 e. The zero-order chi connectivity index (χ0) is 20.9. The number of carbonyl (C=O) groups is 1. The SMILES string of the molecule is CN(Cc1cccc(C#N)c1)C(=O)NC1CCCc2c1cnn2Cc1ccccc1. The second-order valence-electron chi connectivity index (χ2n) is 7.75. The van der Waals surface area contributed by atoms with Crippen LogP contribution in [0.4, 0.5) is 4.79 Å². The van der Waals surface area contributed by atoms with Gasteiger partial charge in [0.25, 0.3) is 0 Å². The molecule has 0 fully saturated rings. The maximum Gasteiger partial charge on any atom is 0.317 e. The van der Waals surface area contributed by atoms with Gasteiger partial charge in [0.05, 0.1) is 30.4 Å². The molecule has 152 valence electrons. The van der Waals surface area contributed by atoms with E-state index >= 15 is 0 Å². The second-order valence-corrected chi connectivity index (χ2v) is 7.75. The molecule has 1 aliphatic carbocycles. The van der Waals surface area contributed by atoms with Crippen molar-refractivity contribution in [3.63, 3.8) is 0 Å². The van der Waals surface area contributed by atoms with E-state index in [9.17, 15) is 4.79 Å². The van der Waals surface area contributed by atoms with Crippen LogP contribution in [0.1, 0.15) is 46.8 Å². The predicted molar refractivity (Wildman–Crippen MR) is 115 cm³/mol. The molecule has 2 aromatic carbocycles. The Morgan fingerprint density at radius 2 is 2.03 bits per heavy atom. The molecule has 0 spiro atoms. The Morgan fingerprint density at radius 3 is 2.83 bits per heavy atom. The summed E-state index contributed by atoms with van der Waals surface area (Å²) in [5, 5.41) is 16.8. The van der Waals surface area contributed by atoms with Crippen molar-refractivity contribution in [2.24, 2.45) is 0 Å². The van der Waals surface area contributed by atoms with E-state index in [0.29, 0.717) is 12.1 Å².